The number of hydrogen-bond acceptors (Lipinski definition) is 3. The molecule has 114 valence electrons. The number of allylic oxidation sites excluding steroid dienone is 1. The minimum atomic E-state index is -4.75. The molecule has 2 rings (SSSR count). The number of amides is 1. The molecule has 0 fully saturated rings. The molecule has 1 atom stereocenters. The summed E-state index contributed by atoms with van der Waals surface area (Å²) in [5.74, 6) is -1.72. The van der Waals surface area contributed by atoms with E-state index in [1.807, 2.05) is 0 Å². The first-order chi connectivity index (χ1) is 9.62. The van der Waals surface area contributed by atoms with Crippen LogP contribution < -0.4 is 10.6 Å². The summed E-state index contributed by atoms with van der Waals surface area (Å²) in [6.07, 6.45) is -4.75. The molecule has 0 saturated heterocycles. The zero-order valence-electron chi connectivity index (χ0n) is 10.5. The van der Waals surface area contributed by atoms with Gasteiger partial charge in [0.2, 0.25) is 0 Å². The number of alkyl halides is 3. The molecule has 0 spiro atoms. The van der Waals surface area contributed by atoms with Crippen molar-refractivity contribution >= 4 is 39.3 Å². The van der Waals surface area contributed by atoms with Gasteiger partial charge in [0, 0.05) is 4.47 Å². The Morgan fingerprint density at radius 2 is 2.05 bits per heavy atom. The van der Waals surface area contributed by atoms with Gasteiger partial charge in [-0.3, -0.25) is 4.79 Å². The highest BCUT2D eigenvalue weighted by Gasteiger charge is 2.48. The van der Waals surface area contributed by atoms with E-state index in [1.54, 1.807) is 0 Å². The number of rotatable bonds is 2. The van der Waals surface area contributed by atoms with E-state index in [4.69, 9.17) is 5.73 Å². The summed E-state index contributed by atoms with van der Waals surface area (Å²) in [5.41, 5.74) is 4.02. The predicted octanol–water partition coefficient (Wildman–Crippen LogP) is 3.75. The third kappa shape index (κ3) is 3.03. The van der Waals surface area contributed by atoms with Gasteiger partial charge >= 0.3 is 6.18 Å². The lowest BCUT2D eigenvalue weighted by Crippen LogP contribution is -2.34. The average Bonchev–Trinajstić information content (AvgIpc) is 2.67. The maximum Gasteiger partial charge on any atom is 0.432 e. The van der Waals surface area contributed by atoms with Crippen molar-refractivity contribution in [2.45, 2.75) is 18.5 Å². The standard InChI is InChI=1S/C12H9BrF4N2OS/c1-5-19(8-3-2-6(14)4-7(8)13)10(12(15,16)17)9(21-5)11(18)20/h2-5H,1H3,(H2,18,20). The van der Waals surface area contributed by atoms with Gasteiger partial charge in [-0.2, -0.15) is 13.2 Å². The SMILES string of the molecule is CC1SC(C(N)=O)=C(C(F)(F)F)N1c1ccc(F)cc1Br. The Balaban J connectivity index is 2.62. The minimum Gasteiger partial charge on any atom is -0.365 e. The highest BCUT2D eigenvalue weighted by molar-refractivity contribution is 9.10. The zero-order chi connectivity index (χ0) is 15.9. The van der Waals surface area contributed by atoms with Crippen LogP contribution in [-0.2, 0) is 4.79 Å². The van der Waals surface area contributed by atoms with E-state index in [0.29, 0.717) is 0 Å². The highest BCUT2D eigenvalue weighted by Crippen LogP contribution is 2.48. The summed E-state index contributed by atoms with van der Waals surface area (Å²) >= 11 is 3.76. The molecular formula is C12H9BrF4N2OS. The number of nitrogens with zero attached hydrogens (tertiary/aromatic N) is 1. The fourth-order valence-electron chi connectivity index (χ4n) is 2.00. The van der Waals surface area contributed by atoms with Gasteiger partial charge in [-0.05, 0) is 41.1 Å². The summed E-state index contributed by atoms with van der Waals surface area (Å²) in [7, 11) is 0. The Labute approximate surface area is 130 Å². The molecule has 3 nitrogen and oxygen atoms in total. The monoisotopic (exact) mass is 384 g/mol. The largest absolute Gasteiger partial charge is 0.432 e. The van der Waals surface area contributed by atoms with E-state index < -0.39 is 33.9 Å². The lowest BCUT2D eigenvalue weighted by molar-refractivity contribution is -0.115. The summed E-state index contributed by atoms with van der Waals surface area (Å²) in [4.78, 5) is 11.6. The molecule has 1 aliphatic rings. The second-order valence-electron chi connectivity index (χ2n) is 4.22. The summed E-state index contributed by atoms with van der Waals surface area (Å²) in [6.45, 7) is 1.50. The Morgan fingerprint density at radius 3 is 2.52 bits per heavy atom. The summed E-state index contributed by atoms with van der Waals surface area (Å²) < 4.78 is 53.1. The van der Waals surface area contributed by atoms with Crippen molar-refractivity contribution in [2.75, 3.05) is 4.90 Å². The van der Waals surface area contributed by atoms with Crippen molar-refractivity contribution in [1.82, 2.24) is 0 Å². The molecule has 21 heavy (non-hydrogen) atoms. The number of thioether (sulfide) groups is 1. The lowest BCUT2D eigenvalue weighted by atomic mass is 10.2. The fraction of sp³-hybridized carbons (Fsp3) is 0.250. The average molecular weight is 385 g/mol. The van der Waals surface area contributed by atoms with Crippen LogP contribution in [-0.4, -0.2) is 17.5 Å². The van der Waals surface area contributed by atoms with Crippen LogP contribution in [0.15, 0.2) is 33.3 Å². The van der Waals surface area contributed by atoms with E-state index in [1.165, 1.54) is 13.0 Å². The molecule has 1 heterocycles. The van der Waals surface area contributed by atoms with Crippen molar-refractivity contribution in [3.05, 3.63) is 39.1 Å². The minimum absolute atomic E-state index is 0.111. The van der Waals surface area contributed by atoms with Gasteiger partial charge in [0.1, 0.15) is 16.4 Å². The first-order valence-corrected chi connectivity index (χ1v) is 7.32. The second-order valence-corrected chi connectivity index (χ2v) is 6.40. The molecule has 1 aromatic carbocycles. The quantitative estimate of drug-likeness (QED) is 0.789. The molecule has 1 aromatic rings. The first-order valence-electron chi connectivity index (χ1n) is 5.65. The van der Waals surface area contributed by atoms with Gasteiger partial charge in [0.25, 0.3) is 5.91 Å². The molecule has 1 unspecified atom stereocenters. The molecule has 9 heteroatoms. The molecule has 0 aliphatic carbocycles. The Hall–Kier alpha value is -1.22. The number of benzene rings is 1. The van der Waals surface area contributed by atoms with Crippen molar-refractivity contribution in [3.8, 4) is 0 Å². The molecule has 0 saturated carbocycles. The summed E-state index contributed by atoms with van der Waals surface area (Å²) in [5, 5.41) is -0.703. The van der Waals surface area contributed by atoms with E-state index in [0.717, 1.165) is 28.8 Å². The molecular weight excluding hydrogens is 376 g/mol. The maximum atomic E-state index is 13.3. The smallest absolute Gasteiger partial charge is 0.365 e. The molecule has 2 N–H and O–H groups in total. The van der Waals surface area contributed by atoms with Crippen LogP contribution in [0.4, 0.5) is 23.2 Å². The summed E-state index contributed by atoms with van der Waals surface area (Å²) in [6, 6.07) is 3.32. The van der Waals surface area contributed by atoms with Crippen molar-refractivity contribution in [3.63, 3.8) is 0 Å². The Morgan fingerprint density at radius 1 is 1.43 bits per heavy atom. The van der Waals surface area contributed by atoms with Gasteiger partial charge in [0.05, 0.1) is 11.1 Å². The third-order valence-electron chi connectivity index (χ3n) is 2.77. The number of nitrogens with two attached hydrogens (primary N) is 1. The first kappa shape index (κ1) is 16.2. The van der Waals surface area contributed by atoms with Crippen LogP contribution in [0.2, 0.25) is 0 Å². The molecule has 0 bridgehead atoms. The van der Waals surface area contributed by atoms with Crippen molar-refractivity contribution < 1.29 is 22.4 Å². The van der Waals surface area contributed by atoms with Gasteiger partial charge in [-0.1, -0.05) is 11.8 Å². The molecule has 0 radical (unpaired) electrons. The van der Waals surface area contributed by atoms with Gasteiger partial charge in [0.15, 0.2) is 0 Å². The van der Waals surface area contributed by atoms with Crippen LogP contribution in [0.5, 0.6) is 0 Å². The van der Waals surface area contributed by atoms with E-state index >= 15 is 0 Å². The van der Waals surface area contributed by atoms with Crippen LogP contribution in [0.25, 0.3) is 0 Å². The van der Waals surface area contributed by atoms with Crippen LogP contribution >= 0.6 is 27.7 Å². The Bertz CT molecular complexity index is 632. The normalized spacial score (nSPS) is 19.3. The van der Waals surface area contributed by atoms with Gasteiger partial charge < -0.3 is 10.6 Å². The molecule has 0 aromatic heterocycles. The van der Waals surface area contributed by atoms with Crippen molar-refractivity contribution in [2.24, 2.45) is 5.73 Å². The van der Waals surface area contributed by atoms with E-state index in [-0.39, 0.29) is 10.2 Å². The predicted molar refractivity (Wildman–Crippen MR) is 75.9 cm³/mol. The van der Waals surface area contributed by atoms with Gasteiger partial charge in [-0.25, -0.2) is 4.39 Å². The molecule has 1 aliphatic heterocycles. The third-order valence-corrected chi connectivity index (χ3v) is 4.59. The maximum absolute atomic E-state index is 13.3. The number of carbonyl (C=O) groups is 1. The van der Waals surface area contributed by atoms with Crippen LogP contribution in [0.3, 0.4) is 0 Å². The number of hydrogen-bond donors (Lipinski definition) is 1. The van der Waals surface area contributed by atoms with Crippen molar-refractivity contribution in [1.29, 1.82) is 0 Å². The van der Waals surface area contributed by atoms with Crippen LogP contribution in [0, 0.1) is 5.82 Å². The highest BCUT2D eigenvalue weighted by atomic mass is 79.9. The molecule has 1 amide bonds. The number of primary amides is 1. The zero-order valence-corrected chi connectivity index (χ0v) is 12.9. The topological polar surface area (TPSA) is 46.3 Å². The number of carbonyl (C=O) groups excluding carboxylic acids is 1. The Kier molecular flexibility index (Phi) is 4.25. The van der Waals surface area contributed by atoms with Crippen LogP contribution in [0.1, 0.15) is 6.92 Å². The van der Waals surface area contributed by atoms with E-state index in [2.05, 4.69) is 15.9 Å². The fourth-order valence-corrected chi connectivity index (χ4v) is 3.65. The van der Waals surface area contributed by atoms with E-state index in [9.17, 15) is 22.4 Å². The number of halogens is 5. The van der Waals surface area contributed by atoms with Gasteiger partial charge in [-0.15, -0.1) is 0 Å². The number of anilines is 1. The second kappa shape index (κ2) is 5.53. The lowest BCUT2D eigenvalue weighted by Gasteiger charge is -2.28.